The molecule has 33 heavy (non-hydrogen) atoms. The summed E-state index contributed by atoms with van der Waals surface area (Å²) in [6.45, 7) is 2.82. The summed E-state index contributed by atoms with van der Waals surface area (Å²) in [6, 6.07) is 3.19. The van der Waals surface area contributed by atoms with Crippen LogP contribution >= 0.6 is 11.6 Å². The first-order chi connectivity index (χ1) is 15.8. The summed E-state index contributed by atoms with van der Waals surface area (Å²) >= 11 is 6.41. The van der Waals surface area contributed by atoms with Gasteiger partial charge in [-0.1, -0.05) is 11.6 Å². The second-order valence-electron chi connectivity index (χ2n) is 7.43. The number of sulfonamides is 1. The van der Waals surface area contributed by atoms with Gasteiger partial charge in [0.1, 0.15) is 6.73 Å². The first-order valence-corrected chi connectivity index (χ1v) is 12.3. The van der Waals surface area contributed by atoms with E-state index in [1.54, 1.807) is 30.7 Å². The fourth-order valence-electron chi connectivity index (χ4n) is 3.18. The number of carbonyl (C=O) groups excluding carboxylic acids is 1. The molecule has 13 heteroatoms. The summed E-state index contributed by atoms with van der Waals surface area (Å²) in [5.74, 6) is -0.140. The van der Waals surface area contributed by atoms with Crippen molar-refractivity contribution in [1.82, 2.24) is 19.3 Å². The van der Waals surface area contributed by atoms with E-state index in [1.807, 2.05) is 0 Å². The first kappa shape index (κ1) is 23.5. The van der Waals surface area contributed by atoms with Crippen molar-refractivity contribution in [2.24, 2.45) is 0 Å². The Bertz CT molecular complexity index is 1270. The maximum Gasteiger partial charge on any atom is 0.341 e. The number of hydrogen-bond donors (Lipinski definition) is 1. The molecular weight excluding hydrogens is 474 g/mol. The van der Waals surface area contributed by atoms with E-state index in [2.05, 4.69) is 14.8 Å². The summed E-state index contributed by atoms with van der Waals surface area (Å²) in [5, 5.41) is 4.07. The van der Waals surface area contributed by atoms with Gasteiger partial charge in [0.05, 0.1) is 58.6 Å². The number of fused-ring (bicyclic) bond motifs is 1. The van der Waals surface area contributed by atoms with Gasteiger partial charge in [0, 0.05) is 13.3 Å². The van der Waals surface area contributed by atoms with Crippen LogP contribution in [0.2, 0.25) is 5.02 Å². The maximum atomic E-state index is 12.4. The predicted molar refractivity (Wildman–Crippen MR) is 121 cm³/mol. The number of esters is 1. The van der Waals surface area contributed by atoms with Crippen molar-refractivity contribution in [2.45, 2.75) is 31.7 Å². The predicted octanol–water partition coefficient (Wildman–Crippen LogP) is 2.58. The highest BCUT2D eigenvalue weighted by molar-refractivity contribution is 7.93. The highest BCUT2D eigenvalue weighted by Crippen LogP contribution is 2.34. The Morgan fingerprint density at radius 3 is 2.79 bits per heavy atom. The molecule has 1 aromatic carbocycles. The first-order valence-electron chi connectivity index (χ1n) is 10.3. The number of anilines is 1. The Morgan fingerprint density at radius 2 is 2.09 bits per heavy atom. The lowest BCUT2D eigenvalue weighted by molar-refractivity contribution is 0.0356. The monoisotopic (exact) mass is 497 g/mol. The van der Waals surface area contributed by atoms with E-state index in [0.29, 0.717) is 43.0 Å². The number of nitrogens with one attached hydrogen (secondary N) is 1. The third-order valence-corrected chi connectivity index (χ3v) is 7.15. The van der Waals surface area contributed by atoms with Crippen molar-refractivity contribution in [2.75, 3.05) is 31.7 Å². The molecule has 1 fully saturated rings. The maximum absolute atomic E-state index is 12.4. The molecule has 0 unspecified atom stereocenters. The second-order valence-corrected chi connectivity index (χ2v) is 9.80. The van der Waals surface area contributed by atoms with Crippen LogP contribution in [0.1, 0.15) is 30.1 Å². The minimum absolute atomic E-state index is 0.104. The molecule has 0 atom stereocenters. The molecule has 178 valence electrons. The molecule has 0 spiro atoms. The van der Waals surface area contributed by atoms with Crippen LogP contribution in [-0.4, -0.2) is 65.9 Å². The van der Waals surface area contributed by atoms with Crippen LogP contribution in [0.5, 0.6) is 0 Å². The van der Waals surface area contributed by atoms with Gasteiger partial charge in [0.25, 0.3) is 0 Å². The van der Waals surface area contributed by atoms with Crippen LogP contribution in [0.15, 0.2) is 24.5 Å². The largest absolute Gasteiger partial charge is 0.462 e. The number of ether oxygens (including phenoxy) is 3. The van der Waals surface area contributed by atoms with Crippen molar-refractivity contribution in [3.8, 4) is 5.95 Å². The molecule has 2 heterocycles. The molecule has 11 nitrogen and oxygen atoms in total. The SMILES string of the molecule is CCOC(=O)c1cnn(-c2nc3cc(NS(=O)(=O)C4CC4)c(Cl)cc3n2COCCOC)c1. The van der Waals surface area contributed by atoms with Gasteiger partial charge in [-0.05, 0) is 31.9 Å². The minimum atomic E-state index is -3.50. The molecule has 0 radical (unpaired) electrons. The molecule has 3 aromatic rings. The average molecular weight is 498 g/mol. The summed E-state index contributed by atoms with van der Waals surface area (Å²) in [5.41, 5.74) is 1.60. The summed E-state index contributed by atoms with van der Waals surface area (Å²) in [7, 11) is -1.92. The van der Waals surface area contributed by atoms with E-state index >= 15 is 0 Å². The Hall–Kier alpha value is -2.67. The number of aromatic nitrogens is 4. The molecule has 1 saturated carbocycles. The van der Waals surface area contributed by atoms with E-state index in [9.17, 15) is 13.2 Å². The van der Waals surface area contributed by atoms with Gasteiger partial charge in [0.2, 0.25) is 16.0 Å². The fraction of sp³-hybridized carbons (Fsp3) is 0.450. The van der Waals surface area contributed by atoms with Gasteiger partial charge >= 0.3 is 5.97 Å². The van der Waals surface area contributed by atoms with Gasteiger partial charge in [-0.2, -0.15) is 5.10 Å². The standard InChI is InChI=1S/C20H24ClN5O6S/c1-3-32-19(27)13-10-22-26(11-13)20-23-17-9-16(24-33(28,29)14-4-5-14)15(21)8-18(17)25(20)12-31-7-6-30-2/h8-11,14,24H,3-7,12H2,1-2H3. The lowest BCUT2D eigenvalue weighted by Gasteiger charge is -2.11. The Morgan fingerprint density at radius 1 is 1.30 bits per heavy atom. The third kappa shape index (κ3) is 5.13. The van der Waals surface area contributed by atoms with Crippen LogP contribution in [0.25, 0.3) is 17.0 Å². The van der Waals surface area contributed by atoms with Gasteiger partial charge in [-0.15, -0.1) is 0 Å². The number of benzene rings is 1. The van der Waals surface area contributed by atoms with Crippen molar-refractivity contribution in [3.05, 3.63) is 35.1 Å². The molecule has 2 aromatic heterocycles. The summed E-state index contributed by atoms with van der Waals surface area (Å²) in [4.78, 5) is 16.6. The highest BCUT2D eigenvalue weighted by atomic mass is 35.5. The molecule has 0 saturated heterocycles. The smallest absolute Gasteiger partial charge is 0.341 e. The van der Waals surface area contributed by atoms with E-state index in [-0.39, 0.29) is 29.6 Å². The van der Waals surface area contributed by atoms with Crippen molar-refractivity contribution in [3.63, 3.8) is 0 Å². The third-order valence-electron chi connectivity index (χ3n) is 4.98. The van der Waals surface area contributed by atoms with E-state index in [1.165, 1.54) is 17.1 Å². The Labute approximate surface area is 195 Å². The van der Waals surface area contributed by atoms with Gasteiger partial charge in [-0.25, -0.2) is 22.9 Å². The zero-order chi connectivity index (χ0) is 23.6. The summed E-state index contributed by atoms with van der Waals surface area (Å²) < 4.78 is 46.2. The molecule has 0 aliphatic heterocycles. The van der Waals surface area contributed by atoms with Crippen LogP contribution < -0.4 is 4.72 Å². The zero-order valence-electron chi connectivity index (χ0n) is 18.2. The Kier molecular flexibility index (Phi) is 6.88. The minimum Gasteiger partial charge on any atom is -0.462 e. The number of rotatable bonds is 11. The zero-order valence-corrected chi connectivity index (χ0v) is 19.7. The van der Waals surface area contributed by atoms with E-state index in [4.69, 9.17) is 25.8 Å². The lowest BCUT2D eigenvalue weighted by Crippen LogP contribution is -2.17. The van der Waals surface area contributed by atoms with Crippen LogP contribution in [0.4, 0.5) is 5.69 Å². The molecule has 0 amide bonds. The van der Waals surface area contributed by atoms with Crippen LogP contribution in [-0.2, 0) is 31.0 Å². The van der Waals surface area contributed by atoms with Gasteiger partial charge < -0.3 is 14.2 Å². The number of nitrogens with zero attached hydrogens (tertiary/aromatic N) is 4. The quantitative estimate of drug-likeness (QED) is 0.316. The van der Waals surface area contributed by atoms with E-state index in [0.717, 1.165) is 0 Å². The number of carbonyl (C=O) groups is 1. The van der Waals surface area contributed by atoms with Crippen molar-refractivity contribution >= 4 is 44.3 Å². The lowest BCUT2D eigenvalue weighted by atomic mass is 10.3. The van der Waals surface area contributed by atoms with Gasteiger partial charge in [-0.3, -0.25) is 9.29 Å². The number of halogens is 1. The highest BCUT2D eigenvalue weighted by Gasteiger charge is 2.36. The normalized spacial score (nSPS) is 14.0. The molecule has 1 aliphatic rings. The van der Waals surface area contributed by atoms with Crippen molar-refractivity contribution < 1.29 is 27.4 Å². The van der Waals surface area contributed by atoms with Gasteiger partial charge in [0.15, 0.2) is 0 Å². The van der Waals surface area contributed by atoms with Crippen LogP contribution in [0.3, 0.4) is 0 Å². The molecule has 0 bridgehead atoms. The van der Waals surface area contributed by atoms with E-state index < -0.39 is 21.2 Å². The summed E-state index contributed by atoms with van der Waals surface area (Å²) in [6.07, 6.45) is 4.16. The molecule has 1 aliphatic carbocycles. The number of methoxy groups -OCH3 is 1. The number of imidazole rings is 1. The second kappa shape index (κ2) is 9.67. The average Bonchev–Trinajstić information content (AvgIpc) is 3.44. The Balaban J connectivity index is 1.73. The number of hydrogen-bond acceptors (Lipinski definition) is 8. The topological polar surface area (TPSA) is 127 Å². The molecule has 1 N–H and O–H groups in total. The molecule has 4 rings (SSSR count). The van der Waals surface area contributed by atoms with Crippen LogP contribution in [0, 0.1) is 0 Å². The molecular formula is C20H24ClN5O6S. The fourth-order valence-corrected chi connectivity index (χ4v) is 4.84. The van der Waals surface area contributed by atoms with Crippen molar-refractivity contribution in [1.29, 1.82) is 0 Å².